The molecule has 34 heavy (non-hydrogen) atoms. The number of amides is 2. The molecule has 5 rings (SSSR count). The lowest BCUT2D eigenvalue weighted by atomic mass is 9.92. The van der Waals surface area contributed by atoms with Crippen molar-refractivity contribution in [1.82, 2.24) is 14.9 Å². The number of hydrogen-bond donors (Lipinski definition) is 2. The van der Waals surface area contributed by atoms with Crippen LogP contribution >= 0.6 is 0 Å². The molecule has 6 nitrogen and oxygen atoms in total. The number of pyridine rings is 1. The predicted octanol–water partition coefficient (Wildman–Crippen LogP) is 5.30. The number of piperidine rings is 1. The molecule has 172 valence electrons. The largest absolute Gasteiger partial charge is 0.366 e. The lowest BCUT2D eigenvalue weighted by Gasteiger charge is -2.32. The van der Waals surface area contributed by atoms with Crippen LogP contribution in [0.5, 0.6) is 0 Å². The van der Waals surface area contributed by atoms with E-state index in [0.717, 1.165) is 62.8 Å². The summed E-state index contributed by atoms with van der Waals surface area (Å²) in [6.45, 7) is 3.94. The van der Waals surface area contributed by atoms with Crippen molar-refractivity contribution in [3.8, 4) is 22.3 Å². The maximum Gasteiger partial charge on any atom is 0.248 e. The first-order valence-corrected chi connectivity index (χ1v) is 11.6. The Labute approximate surface area is 198 Å². The maximum atomic E-state index is 12.1. The lowest BCUT2D eigenvalue weighted by Crippen LogP contribution is -2.34. The Hall–Kier alpha value is -3.93. The molecule has 1 aliphatic heterocycles. The number of carbonyl (C=O) groups excluding carboxylic acids is 2. The number of nitrogens with two attached hydrogens (primary N) is 1. The maximum absolute atomic E-state index is 12.1. The Balaban J connectivity index is 1.51. The molecule has 0 spiro atoms. The summed E-state index contributed by atoms with van der Waals surface area (Å²) in [5.41, 5.74) is 14.2. The van der Waals surface area contributed by atoms with Gasteiger partial charge in [0.2, 0.25) is 11.8 Å². The van der Waals surface area contributed by atoms with Gasteiger partial charge in [-0.1, -0.05) is 30.3 Å². The van der Waals surface area contributed by atoms with Crippen LogP contribution in [0.3, 0.4) is 0 Å². The van der Waals surface area contributed by atoms with Crippen LogP contribution in [-0.2, 0) is 4.79 Å². The molecule has 3 N–H and O–H groups in total. The number of carbonyl (C=O) groups is 2. The third kappa shape index (κ3) is 3.65. The number of nitrogens with one attached hydrogen (secondary N) is 1. The van der Waals surface area contributed by atoms with E-state index in [9.17, 15) is 9.59 Å². The molecule has 0 aliphatic carbocycles. The molecule has 2 amide bonds. The first-order chi connectivity index (χ1) is 16.3. The van der Waals surface area contributed by atoms with Crippen LogP contribution in [-0.4, -0.2) is 33.7 Å². The molecule has 1 atom stereocenters. The SMILES string of the molecule is Cc1c(C(N)=O)ccc(-c2c[nH]c3ncc(-c4ccc(C5CCCC(=O)N5C)cc4)cc23)c1C. The van der Waals surface area contributed by atoms with Crippen molar-refractivity contribution >= 4 is 22.8 Å². The van der Waals surface area contributed by atoms with Crippen LogP contribution in [0.4, 0.5) is 0 Å². The molecule has 2 aromatic carbocycles. The van der Waals surface area contributed by atoms with E-state index in [4.69, 9.17) is 5.73 Å². The fourth-order valence-corrected chi connectivity index (χ4v) is 5.04. The third-order valence-corrected chi connectivity index (χ3v) is 7.23. The second-order valence-electron chi connectivity index (χ2n) is 9.13. The van der Waals surface area contributed by atoms with E-state index in [1.165, 1.54) is 0 Å². The Morgan fingerprint density at radius 2 is 1.82 bits per heavy atom. The van der Waals surface area contributed by atoms with Crippen molar-refractivity contribution in [3.63, 3.8) is 0 Å². The number of likely N-dealkylation sites (tertiary alicyclic amines) is 1. The molecule has 4 aromatic rings. The zero-order valence-electron chi connectivity index (χ0n) is 19.7. The molecule has 6 heteroatoms. The molecule has 2 aromatic heterocycles. The Kier molecular flexibility index (Phi) is 5.44. The van der Waals surface area contributed by atoms with Crippen molar-refractivity contribution in [2.24, 2.45) is 5.73 Å². The number of benzene rings is 2. The summed E-state index contributed by atoms with van der Waals surface area (Å²) in [6.07, 6.45) is 6.41. The zero-order chi connectivity index (χ0) is 24.0. The number of primary amides is 1. The van der Waals surface area contributed by atoms with Gasteiger partial charge < -0.3 is 15.6 Å². The van der Waals surface area contributed by atoms with Crippen LogP contribution < -0.4 is 5.73 Å². The predicted molar refractivity (Wildman–Crippen MR) is 134 cm³/mol. The van der Waals surface area contributed by atoms with Gasteiger partial charge in [0.25, 0.3) is 0 Å². The minimum absolute atomic E-state index is 0.141. The first kappa shape index (κ1) is 21.9. The number of fused-ring (bicyclic) bond motifs is 1. The van der Waals surface area contributed by atoms with Gasteiger partial charge in [0, 0.05) is 47.9 Å². The first-order valence-electron chi connectivity index (χ1n) is 11.6. The minimum Gasteiger partial charge on any atom is -0.366 e. The van der Waals surface area contributed by atoms with Gasteiger partial charge in [0.1, 0.15) is 5.65 Å². The average Bonchev–Trinajstić information content (AvgIpc) is 3.25. The quantitative estimate of drug-likeness (QED) is 0.440. The normalized spacial score (nSPS) is 16.3. The summed E-state index contributed by atoms with van der Waals surface area (Å²) in [5, 5.41) is 1.02. The van der Waals surface area contributed by atoms with Crippen molar-refractivity contribution < 1.29 is 9.59 Å². The highest BCUT2D eigenvalue weighted by atomic mass is 16.2. The number of nitrogens with zero attached hydrogens (tertiary/aromatic N) is 2. The second-order valence-corrected chi connectivity index (χ2v) is 9.13. The van der Waals surface area contributed by atoms with E-state index in [2.05, 4.69) is 40.3 Å². The summed E-state index contributed by atoms with van der Waals surface area (Å²) >= 11 is 0. The van der Waals surface area contributed by atoms with Crippen molar-refractivity contribution in [2.45, 2.75) is 39.2 Å². The Bertz CT molecular complexity index is 1420. The van der Waals surface area contributed by atoms with Gasteiger partial charge in [-0.2, -0.15) is 0 Å². The Morgan fingerprint density at radius 3 is 2.56 bits per heavy atom. The number of rotatable bonds is 4. The van der Waals surface area contributed by atoms with Gasteiger partial charge in [-0.25, -0.2) is 4.98 Å². The van der Waals surface area contributed by atoms with Crippen LogP contribution in [0.25, 0.3) is 33.3 Å². The fourth-order valence-electron chi connectivity index (χ4n) is 5.04. The van der Waals surface area contributed by atoms with Gasteiger partial charge in [-0.3, -0.25) is 9.59 Å². The van der Waals surface area contributed by atoms with Gasteiger partial charge >= 0.3 is 0 Å². The number of aromatic amines is 1. The van der Waals surface area contributed by atoms with E-state index >= 15 is 0 Å². The van der Waals surface area contributed by atoms with E-state index in [0.29, 0.717) is 12.0 Å². The van der Waals surface area contributed by atoms with Gasteiger partial charge in [-0.15, -0.1) is 0 Å². The lowest BCUT2D eigenvalue weighted by molar-refractivity contribution is -0.134. The highest BCUT2D eigenvalue weighted by Crippen LogP contribution is 2.35. The topological polar surface area (TPSA) is 92.1 Å². The van der Waals surface area contributed by atoms with Crippen LogP contribution in [0.2, 0.25) is 0 Å². The molecular weight excluding hydrogens is 424 g/mol. The summed E-state index contributed by atoms with van der Waals surface area (Å²) in [6, 6.07) is 14.5. The van der Waals surface area contributed by atoms with Crippen molar-refractivity contribution in [2.75, 3.05) is 7.05 Å². The van der Waals surface area contributed by atoms with Gasteiger partial charge in [0.05, 0.1) is 6.04 Å². The van der Waals surface area contributed by atoms with E-state index < -0.39 is 5.91 Å². The smallest absolute Gasteiger partial charge is 0.248 e. The number of hydrogen-bond acceptors (Lipinski definition) is 3. The average molecular weight is 453 g/mol. The molecular formula is C28H28N4O2. The summed E-state index contributed by atoms with van der Waals surface area (Å²) in [4.78, 5) is 33.6. The van der Waals surface area contributed by atoms with Crippen LogP contribution in [0.1, 0.15) is 52.4 Å². The van der Waals surface area contributed by atoms with E-state index in [1.807, 2.05) is 44.3 Å². The Morgan fingerprint density at radius 1 is 1.06 bits per heavy atom. The molecule has 0 radical (unpaired) electrons. The molecule has 0 bridgehead atoms. The van der Waals surface area contributed by atoms with Crippen molar-refractivity contribution in [3.05, 3.63) is 77.1 Å². The van der Waals surface area contributed by atoms with E-state index in [1.54, 1.807) is 6.07 Å². The number of H-pyrrole nitrogens is 1. The highest BCUT2D eigenvalue weighted by Gasteiger charge is 2.25. The molecule has 0 saturated carbocycles. The van der Waals surface area contributed by atoms with E-state index in [-0.39, 0.29) is 11.9 Å². The summed E-state index contributed by atoms with van der Waals surface area (Å²) < 4.78 is 0. The number of aromatic nitrogens is 2. The molecule has 1 aliphatic rings. The highest BCUT2D eigenvalue weighted by molar-refractivity contribution is 5.99. The second kappa shape index (κ2) is 8.45. The summed E-state index contributed by atoms with van der Waals surface area (Å²) in [7, 11) is 1.89. The van der Waals surface area contributed by atoms with Crippen LogP contribution in [0, 0.1) is 13.8 Å². The molecule has 1 saturated heterocycles. The third-order valence-electron chi connectivity index (χ3n) is 7.23. The molecule has 3 heterocycles. The molecule has 1 fully saturated rings. The summed E-state index contributed by atoms with van der Waals surface area (Å²) in [5.74, 6) is -0.202. The molecule has 1 unspecified atom stereocenters. The van der Waals surface area contributed by atoms with Gasteiger partial charge in [0.15, 0.2) is 0 Å². The fraction of sp³-hybridized carbons (Fsp3) is 0.250. The van der Waals surface area contributed by atoms with Crippen LogP contribution in [0.15, 0.2) is 54.9 Å². The standard InChI is InChI=1S/C28H28N4O2/c1-16-17(2)22(27(29)34)12-11-21(16)24-15-31-28-23(24)13-20(14-30-28)18-7-9-19(10-8-18)25-5-4-6-26(33)32(25)3/h7-15,25H,4-6H2,1-3H3,(H2,29,34)(H,30,31). The zero-order valence-corrected chi connectivity index (χ0v) is 19.7. The van der Waals surface area contributed by atoms with Gasteiger partial charge in [-0.05, 0) is 66.6 Å². The minimum atomic E-state index is -0.415. The van der Waals surface area contributed by atoms with Crippen molar-refractivity contribution in [1.29, 1.82) is 0 Å². The monoisotopic (exact) mass is 452 g/mol.